The fourth-order valence-corrected chi connectivity index (χ4v) is 2.78. The van der Waals surface area contributed by atoms with Gasteiger partial charge in [0.15, 0.2) is 0 Å². The molecule has 2 aromatic rings. The Labute approximate surface area is 104 Å². The molecule has 1 aliphatic rings. The Balaban J connectivity index is 1.87. The molecule has 3 rings (SSSR count). The van der Waals surface area contributed by atoms with E-state index in [1.54, 1.807) is 11.3 Å². The van der Waals surface area contributed by atoms with Gasteiger partial charge in [0.05, 0.1) is 5.39 Å². The van der Waals surface area contributed by atoms with Gasteiger partial charge in [-0.25, -0.2) is 4.98 Å². The summed E-state index contributed by atoms with van der Waals surface area (Å²) >= 11 is 1.65. The average molecular weight is 248 g/mol. The first-order chi connectivity index (χ1) is 8.28. The molecule has 2 heterocycles. The van der Waals surface area contributed by atoms with E-state index in [1.165, 1.54) is 6.42 Å². The highest BCUT2D eigenvalue weighted by Crippen LogP contribution is 2.38. The molecule has 1 saturated carbocycles. The maximum absolute atomic E-state index is 4.49. The second-order valence-electron chi connectivity index (χ2n) is 4.64. The first-order valence-electron chi connectivity index (χ1n) is 5.95. The molecule has 0 aliphatic heterocycles. The van der Waals surface area contributed by atoms with Crippen LogP contribution in [0.25, 0.3) is 10.2 Å². The maximum atomic E-state index is 4.49. The summed E-state index contributed by atoms with van der Waals surface area (Å²) in [6.07, 6.45) is 1.34. The van der Waals surface area contributed by atoms with Crippen molar-refractivity contribution in [1.82, 2.24) is 9.97 Å². The first-order valence-corrected chi connectivity index (χ1v) is 6.82. The van der Waals surface area contributed by atoms with Crippen molar-refractivity contribution in [2.75, 3.05) is 24.2 Å². The van der Waals surface area contributed by atoms with Crippen LogP contribution >= 0.6 is 11.3 Å². The van der Waals surface area contributed by atoms with Gasteiger partial charge in [0.2, 0.25) is 5.95 Å². The summed E-state index contributed by atoms with van der Waals surface area (Å²) in [5.41, 5.74) is 0. The molecule has 0 amide bonds. The second-order valence-corrected chi connectivity index (χ2v) is 5.53. The molecule has 0 radical (unpaired) electrons. The molecular formula is C12H16N4S. The van der Waals surface area contributed by atoms with Crippen LogP contribution in [0.15, 0.2) is 11.4 Å². The molecule has 2 N–H and O–H groups in total. The van der Waals surface area contributed by atoms with E-state index >= 15 is 0 Å². The Morgan fingerprint density at radius 3 is 3.00 bits per heavy atom. The molecule has 17 heavy (non-hydrogen) atoms. The van der Waals surface area contributed by atoms with Crippen molar-refractivity contribution in [3.05, 3.63) is 11.4 Å². The van der Waals surface area contributed by atoms with Crippen LogP contribution in [-0.4, -0.2) is 23.6 Å². The van der Waals surface area contributed by atoms with Crippen LogP contribution in [0.3, 0.4) is 0 Å². The third-order valence-electron chi connectivity index (χ3n) is 3.36. The highest BCUT2D eigenvalue weighted by atomic mass is 32.1. The van der Waals surface area contributed by atoms with E-state index in [2.05, 4.69) is 39.0 Å². The topological polar surface area (TPSA) is 49.8 Å². The Morgan fingerprint density at radius 2 is 2.29 bits per heavy atom. The van der Waals surface area contributed by atoms with Crippen molar-refractivity contribution in [1.29, 1.82) is 0 Å². The summed E-state index contributed by atoms with van der Waals surface area (Å²) in [5, 5.41) is 9.65. The lowest BCUT2D eigenvalue weighted by molar-refractivity contribution is 0.785. The van der Waals surface area contributed by atoms with Crippen molar-refractivity contribution >= 4 is 33.3 Å². The molecule has 0 saturated heterocycles. The number of anilines is 2. The average Bonchev–Trinajstić information content (AvgIpc) is 2.86. The van der Waals surface area contributed by atoms with Gasteiger partial charge in [-0.1, -0.05) is 6.92 Å². The smallest absolute Gasteiger partial charge is 0.225 e. The highest BCUT2D eigenvalue weighted by molar-refractivity contribution is 7.16. The predicted molar refractivity (Wildman–Crippen MR) is 72.7 cm³/mol. The van der Waals surface area contributed by atoms with Gasteiger partial charge < -0.3 is 10.6 Å². The van der Waals surface area contributed by atoms with Gasteiger partial charge in [0, 0.05) is 13.6 Å². The molecule has 0 aromatic carbocycles. The van der Waals surface area contributed by atoms with Crippen LogP contribution in [0.2, 0.25) is 0 Å². The van der Waals surface area contributed by atoms with E-state index in [9.17, 15) is 0 Å². The minimum absolute atomic E-state index is 0.686. The third kappa shape index (κ3) is 2.07. The minimum Gasteiger partial charge on any atom is -0.369 e. The highest BCUT2D eigenvalue weighted by Gasteiger charge is 2.32. The summed E-state index contributed by atoms with van der Waals surface area (Å²) in [6, 6.07) is 2.08. The Bertz CT molecular complexity index is 536. The van der Waals surface area contributed by atoms with Gasteiger partial charge in [0.1, 0.15) is 10.6 Å². The lowest BCUT2D eigenvalue weighted by atomic mass is 10.3. The number of rotatable bonds is 4. The van der Waals surface area contributed by atoms with Crippen LogP contribution in [0.1, 0.15) is 13.3 Å². The largest absolute Gasteiger partial charge is 0.369 e. The second kappa shape index (κ2) is 4.14. The number of thiophene rings is 1. The van der Waals surface area contributed by atoms with Gasteiger partial charge in [0.25, 0.3) is 0 Å². The Kier molecular flexibility index (Phi) is 2.63. The van der Waals surface area contributed by atoms with Crippen molar-refractivity contribution in [2.24, 2.45) is 11.8 Å². The van der Waals surface area contributed by atoms with E-state index < -0.39 is 0 Å². The zero-order valence-corrected chi connectivity index (χ0v) is 10.8. The van der Waals surface area contributed by atoms with Crippen LogP contribution in [0.4, 0.5) is 11.8 Å². The molecular weight excluding hydrogens is 232 g/mol. The Hall–Kier alpha value is -1.36. The molecule has 0 spiro atoms. The summed E-state index contributed by atoms with van der Waals surface area (Å²) in [4.78, 5) is 9.96. The van der Waals surface area contributed by atoms with Crippen LogP contribution < -0.4 is 10.6 Å². The van der Waals surface area contributed by atoms with Crippen LogP contribution in [-0.2, 0) is 0 Å². The quantitative estimate of drug-likeness (QED) is 0.873. The van der Waals surface area contributed by atoms with Crippen LogP contribution in [0.5, 0.6) is 0 Å². The summed E-state index contributed by atoms with van der Waals surface area (Å²) in [7, 11) is 1.85. The predicted octanol–water partition coefficient (Wildman–Crippen LogP) is 2.80. The fourth-order valence-electron chi connectivity index (χ4n) is 2.01. The Morgan fingerprint density at radius 1 is 1.47 bits per heavy atom. The molecule has 2 unspecified atom stereocenters. The lowest BCUT2D eigenvalue weighted by Gasteiger charge is -2.08. The van der Waals surface area contributed by atoms with E-state index in [0.717, 1.165) is 34.4 Å². The summed E-state index contributed by atoms with van der Waals surface area (Å²) < 4.78 is 0. The maximum Gasteiger partial charge on any atom is 0.225 e. The standard InChI is InChI=1S/C12H16N4S/c1-7-5-8(7)6-14-10-9-3-4-17-11(9)16-12(13-2)15-10/h3-4,7-8H,5-6H2,1-2H3,(H2,13,14,15,16). The fraction of sp³-hybridized carbons (Fsp3) is 0.500. The minimum atomic E-state index is 0.686. The monoisotopic (exact) mass is 248 g/mol. The molecule has 2 aromatic heterocycles. The third-order valence-corrected chi connectivity index (χ3v) is 4.16. The van der Waals surface area contributed by atoms with E-state index in [-0.39, 0.29) is 0 Å². The number of hydrogen-bond donors (Lipinski definition) is 2. The lowest BCUT2D eigenvalue weighted by Crippen LogP contribution is -2.08. The summed E-state index contributed by atoms with van der Waals surface area (Å²) in [5.74, 6) is 3.33. The molecule has 0 bridgehead atoms. The summed E-state index contributed by atoms with van der Waals surface area (Å²) in [6.45, 7) is 3.32. The van der Waals surface area contributed by atoms with Gasteiger partial charge in [-0.05, 0) is 29.7 Å². The van der Waals surface area contributed by atoms with Crippen molar-refractivity contribution in [2.45, 2.75) is 13.3 Å². The number of nitrogens with zero attached hydrogens (tertiary/aromatic N) is 2. The van der Waals surface area contributed by atoms with Gasteiger partial charge in [-0.3, -0.25) is 0 Å². The van der Waals surface area contributed by atoms with Gasteiger partial charge >= 0.3 is 0 Å². The van der Waals surface area contributed by atoms with E-state index in [1.807, 2.05) is 7.05 Å². The first kappa shape index (κ1) is 10.8. The molecule has 1 aliphatic carbocycles. The molecule has 2 atom stereocenters. The van der Waals surface area contributed by atoms with E-state index in [4.69, 9.17) is 0 Å². The normalized spacial score (nSPS) is 22.7. The zero-order chi connectivity index (χ0) is 11.8. The number of fused-ring (bicyclic) bond motifs is 1. The molecule has 5 heteroatoms. The van der Waals surface area contributed by atoms with E-state index in [0.29, 0.717) is 5.95 Å². The van der Waals surface area contributed by atoms with Gasteiger partial charge in [-0.2, -0.15) is 4.98 Å². The number of aromatic nitrogens is 2. The van der Waals surface area contributed by atoms with Crippen molar-refractivity contribution in [3.8, 4) is 0 Å². The molecule has 4 nitrogen and oxygen atoms in total. The molecule has 1 fully saturated rings. The number of nitrogens with one attached hydrogen (secondary N) is 2. The zero-order valence-electron chi connectivity index (χ0n) is 10.0. The van der Waals surface area contributed by atoms with Crippen molar-refractivity contribution < 1.29 is 0 Å². The molecule has 90 valence electrons. The SMILES string of the molecule is CNc1nc(NCC2CC2C)c2ccsc2n1. The number of hydrogen-bond acceptors (Lipinski definition) is 5. The van der Waals surface area contributed by atoms with Crippen molar-refractivity contribution in [3.63, 3.8) is 0 Å². The van der Waals surface area contributed by atoms with Gasteiger partial charge in [-0.15, -0.1) is 11.3 Å². The van der Waals surface area contributed by atoms with Crippen LogP contribution in [0, 0.1) is 11.8 Å².